The number of carbonyl (C=O) groups is 1. The van der Waals surface area contributed by atoms with Crippen molar-refractivity contribution in [2.24, 2.45) is 5.41 Å². The lowest BCUT2D eigenvalue weighted by Crippen LogP contribution is -2.47. The smallest absolute Gasteiger partial charge is 0.230 e. The number of hydrogen-bond donors (Lipinski definition) is 0. The lowest BCUT2D eigenvalue weighted by atomic mass is 9.78. The topological polar surface area (TPSA) is 49.6 Å². The van der Waals surface area contributed by atoms with E-state index >= 15 is 0 Å². The summed E-state index contributed by atoms with van der Waals surface area (Å²) in [6.07, 6.45) is 6.56. The van der Waals surface area contributed by atoms with E-state index in [1.807, 2.05) is 36.1 Å². The highest BCUT2D eigenvalue weighted by Gasteiger charge is 2.48. The van der Waals surface area contributed by atoms with Gasteiger partial charge in [0.15, 0.2) is 0 Å². The quantitative estimate of drug-likeness (QED) is 0.859. The van der Waals surface area contributed by atoms with Gasteiger partial charge in [-0.2, -0.15) is 0 Å². The number of furan rings is 1. The molecule has 0 bridgehead atoms. The lowest BCUT2D eigenvalue weighted by Gasteiger charge is -2.38. The molecule has 0 aromatic carbocycles. The van der Waals surface area contributed by atoms with E-state index in [4.69, 9.17) is 4.42 Å². The van der Waals surface area contributed by atoms with Crippen molar-refractivity contribution in [2.75, 3.05) is 19.6 Å². The van der Waals surface area contributed by atoms with Crippen LogP contribution in [0.3, 0.4) is 0 Å². The Kier molecular flexibility index (Phi) is 4.34. The number of hydrogen-bond acceptors (Lipinski definition) is 4. The SMILES string of the molecule is Cc1cccc(CN2CC[C@@]3(CCCN(Cc4ccoc4)C3)C2=O)n1. The van der Waals surface area contributed by atoms with Gasteiger partial charge in [0.25, 0.3) is 0 Å². The summed E-state index contributed by atoms with van der Waals surface area (Å²) < 4.78 is 5.18. The normalized spacial score (nSPS) is 24.4. The highest BCUT2D eigenvalue weighted by Crippen LogP contribution is 2.41. The van der Waals surface area contributed by atoms with Crippen LogP contribution in [0, 0.1) is 12.3 Å². The van der Waals surface area contributed by atoms with E-state index < -0.39 is 0 Å². The summed E-state index contributed by atoms with van der Waals surface area (Å²) in [7, 11) is 0. The average molecular weight is 339 g/mol. The molecule has 5 nitrogen and oxygen atoms in total. The summed E-state index contributed by atoms with van der Waals surface area (Å²) in [5, 5.41) is 0. The molecule has 25 heavy (non-hydrogen) atoms. The van der Waals surface area contributed by atoms with Crippen LogP contribution in [-0.4, -0.2) is 40.3 Å². The van der Waals surface area contributed by atoms with Crippen LogP contribution in [0.15, 0.2) is 41.2 Å². The van der Waals surface area contributed by atoms with Crippen LogP contribution in [0.1, 0.15) is 36.2 Å². The molecule has 2 fully saturated rings. The Bertz CT molecular complexity index is 743. The fourth-order valence-corrected chi connectivity index (χ4v) is 4.31. The van der Waals surface area contributed by atoms with E-state index in [9.17, 15) is 4.79 Å². The molecule has 0 unspecified atom stereocenters. The number of aryl methyl sites for hydroxylation is 1. The van der Waals surface area contributed by atoms with Crippen molar-refractivity contribution in [1.29, 1.82) is 0 Å². The molecule has 1 spiro atoms. The van der Waals surface area contributed by atoms with Crippen LogP contribution < -0.4 is 0 Å². The van der Waals surface area contributed by atoms with Crippen LogP contribution in [0.25, 0.3) is 0 Å². The van der Waals surface area contributed by atoms with Crippen molar-refractivity contribution < 1.29 is 9.21 Å². The zero-order valence-electron chi connectivity index (χ0n) is 14.8. The van der Waals surface area contributed by atoms with Gasteiger partial charge in [-0.1, -0.05) is 6.07 Å². The van der Waals surface area contributed by atoms with Crippen LogP contribution in [-0.2, 0) is 17.9 Å². The van der Waals surface area contributed by atoms with Gasteiger partial charge in [-0.05, 0) is 50.9 Å². The largest absolute Gasteiger partial charge is 0.472 e. The van der Waals surface area contributed by atoms with Crippen LogP contribution in [0.4, 0.5) is 0 Å². The van der Waals surface area contributed by atoms with Crippen molar-refractivity contribution in [1.82, 2.24) is 14.8 Å². The number of piperidine rings is 1. The fourth-order valence-electron chi connectivity index (χ4n) is 4.31. The Labute approximate surface area is 148 Å². The van der Waals surface area contributed by atoms with Gasteiger partial charge in [0.1, 0.15) is 0 Å². The number of likely N-dealkylation sites (tertiary alicyclic amines) is 2. The Morgan fingerprint density at radius 1 is 1.20 bits per heavy atom. The van der Waals surface area contributed by atoms with E-state index in [0.717, 1.165) is 56.8 Å². The summed E-state index contributed by atoms with van der Waals surface area (Å²) in [6.45, 7) is 6.24. The zero-order chi connectivity index (χ0) is 17.3. The third kappa shape index (κ3) is 3.33. The second-order valence-electron chi connectivity index (χ2n) is 7.47. The molecule has 2 aromatic heterocycles. The number of amides is 1. The molecule has 1 amide bonds. The van der Waals surface area contributed by atoms with Gasteiger partial charge in [0.05, 0.1) is 30.2 Å². The third-order valence-corrected chi connectivity index (χ3v) is 5.54. The van der Waals surface area contributed by atoms with Crippen molar-refractivity contribution >= 4 is 5.91 Å². The molecular formula is C20H25N3O2. The van der Waals surface area contributed by atoms with Crippen molar-refractivity contribution in [2.45, 2.75) is 39.3 Å². The van der Waals surface area contributed by atoms with E-state index in [0.29, 0.717) is 12.5 Å². The van der Waals surface area contributed by atoms with E-state index in [1.165, 1.54) is 5.56 Å². The molecule has 2 aromatic rings. The monoisotopic (exact) mass is 339 g/mol. The van der Waals surface area contributed by atoms with Gasteiger partial charge in [-0.3, -0.25) is 14.7 Å². The van der Waals surface area contributed by atoms with Crippen LogP contribution >= 0.6 is 0 Å². The molecular weight excluding hydrogens is 314 g/mol. The highest BCUT2D eigenvalue weighted by atomic mass is 16.3. The van der Waals surface area contributed by atoms with E-state index in [-0.39, 0.29) is 5.41 Å². The molecule has 5 heteroatoms. The summed E-state index contributed by atoms with van der Waals surface area (Å²) in [6, 6.07) is 8.03. The molecule has 0 radical (unpaired) electrons. The lowest BCUT2D eigenvalue weighted by molar-refractivity contribution is -0.139. The first-order valence-electron chi connectivity index (χ1n) is 9.10. The third-order valence-electron chi connectivity index (χ3n) is 5.54. The second-order valence-corrected chi connectivity index (χ2v) is 7.47. The summed E-state index contributed by atoms with van der Waals surface area (Å²) in [5.41, 5.74) is 2.97. The maximum Gasteiger partial charge on any atom is 0.230 e. The van der Waals surface area contributed by atoms with Gasteiger partial charge in [-0.15, -0.1) is 0 Å². The standard InChI is InChI=1S/C20H25N3O2/c1-16-4-2-5-18(21-16)13-23-10-8-20(19(23)24)7-3-9-22(15-20)12-17-6-11-25-14-17/h2,4-6,11,14H,3,7-10,12-13,15H2,1H3/t20-/m1/s1. The van der Waals surface area contributed by atoms with Crippen molar-refractivity contribution in [3.63, 3.8) is 0 Å². The molecule has 2 aliphatic heterocycles. The van der Waals surface area contributed by atoms with E-state index in [1.54, 1.807) is 12.5 Å². The first-order valence-corrected chi connectivity index (χ1v) is 9.10. The summed E-state index contributed by atoms with van der Waals surface area (Å²) in [4.78, 5) is 22.1. The molecule has 1 atom stereocenters. The predicted molar refractivity (Wildman–Crippen MR) is 94.7 cm³/mol. The minimum Gasteiger partial charge on any atom is -0.472 e. The Morgan fingerprint density at radius 3 is 2.92 bits per heavy atom. The molecule has 0 saturated carbocycles. The minimum atomic E-state index is -0.203. The highest BCUT2D eigenvalue weighted by molar-refractivity contribution is 5.85. The maximum atomic E-state index is 13.2. The van der Waals surface area contributed by atoms with Crippen molar-refractivity contribution in [3.05, 3.63) is 53.7 Å². The Hall–Kier alpha value is -2.14. The minimum absolute atomic E-state index is 0.203. The molecule has 2 aliphatic rings. The zero-order valence-corrected chi connectivity index (χ0v) is 14.8. The first kappa shape index (κ1) is 16.3. The number of pyridine rings is 1. The van der Waals surface area contributed by atoms with Crippen LogP contribution in [0.2, 0.25) is 0 Å². The predicted octanol–water partition coefficient (Wildman–Crippen LogP) is 3.00. The van der Waals surface area contributed by atoms with Gasteiger partial charge >= 0.3 is 0 Å². The van der Waals surface area contributed by atoms with Gasteiger partial charge < -0.3 is 9.32 Å². The fraction of sp³-hybridized carbons (Fsp3) is 0.500. The number of carbonyl (C=O) groups excluding carboxylic acids is 1. The molecule has 2 saturated heterocycles. The number of aromatic nitrogens is 1. The van der Waals surface area contributed by atoms with Crippen molar-refractivity contribution in [3.8, 4) is 0 Å². The summed E-state index contributed by atoms with van der Waals surface area (Å²) in [5.74, 6) is 0.313. The molecule has 132 valence electrons. The Morgan fingerprint density at radius 2 is 2.12 bits per heavy atom. The Balaban J connectivity index is 1.44. The molecule has 4 heterocycles. The first-order chi connectivity index (χ1) is 12.1. The van der Waals surface area contributed by atoms with E-state index in [2.05, 4.69) is 9.88 Å². The maximum absolute atomic E-state index is 13.2. The van der Waals surface area contributed by atoms with Gasteiger partial charge in [-0.25, -0.2) is 0 Å². The van der Waals surface area contributed by atoms with Gasteiger partial charge in [0, 0.05) is 30.9 Å². The molecule has 0 N–H and O–H groups in total. The molecule has 4 rings (SSSR count). The number of nitrogens with zero attached hydrogens (tertiary/aromatic N) is 3. The van der Waals surface area contributed by atoms with Gasteiger partial charge in [0.2, 0.25) is 5.91 Å². The number of rotatable bonds is 4. The van der Waals surface area contributed by atoms with Crippen LogP contribution in [0.5, 0.6) is 0 Å². The average Bonchev–Trinajstić information content (AvgIpc) is 3.20. The summed E-state index contributed by atoms with van der Waals surface area (Å²) >= 11 is 0. The second kappa shape index (κ2) is 6.64. The molecule has 0 aliphatic carbocycles.